The molecule has 0 bridgehead atoms. The molecule has 0 aromatic carbocycles. The van der Waals surface area contributed by atoms with E-state index in [9.17, 15) is 4.79 Å². The first-order chi connectivity index (χ1) is 9.24. The van der Waals surface area contributed by atoms with Gasteiger partial charge in [0.2, 0.25) is 0 Å². The SMILES string of the molecule is CCCCCCCCC/C(=C/C(=O)OC)CCCC. The van der Waals surface area contributed by atoms with Crippen LogP contribution in [-0.4, -0.2) is 13.1 Å². The van der Waals surface area contributed by atoms with Gasteiger partial charge in [-0.3, -0.25) is 0 Å². The lowest BCUT2D eigenvalue weighted by atomic mass is 10.0. The van der Waals surface area contributed by atoms with Gasteiger partial charge in [-0.15, -0.1) is 0 Å². The van der Waals surface area contributed by atoms with Crippen molar-refractivity contribution in [3.8, 4) is 0 Å². The Morgan fingerprint density at radius 1 is 0.842 bits per heavy atom. The summed E-state index contributed by atoms with van der Waals surface area (Å²) in [5.41, 5.74) is 1.27. The molecule has 2 heteroatoms. The monoisotopic (exact) mass is 268 g/mol. The Morgan fingerprint density at radius 2 is 1.37 bits per heavy atom. The van der Waals surface area contributed by atoms with E-state index in [1.165, 1.54) is 70.5 Å². The summed E-state index contributed by atoms with van der Waals surface area (Å²) in [6.07, 6.45) is 15.4. The van der Waals surface area contributed by atoms with Crippen LogP contribution in [0, 0.1) is 0 Å². The van der Waals surface area contributed by atoms with Crippen molar-refractivity contribution in [3.63, 3.8) is 0 Å². The average molecular weight is 268 g/mol. The number of carbonyl (C=O) groups excluding carboxylic acids is 1. The van der Waals surface area contributed by atoms with Gasteiger partial charge in [-0.25, -0.2) is 4.79 Å². The molecule has 112 valence electrons. The molecule has 2 nitrogen and oxygen atoms in total. The maximum atomic E-state index is 11.3. The Hall–Kier alpha value is -0.790. The summed E-state index contributed by atoms with van der Waals surface area (Å²) in [7, 11) is 1.45. The molecule has 0 aliphatic carbocycles. The first-order valence-electron chi connectivity index (χ1n) is 8.02. The molecule has 0 heterocycles. The van der Waals surface area contributed by atoms with Crippen molar-refractivity contribution in [1.82, 2.24) is 0 Å². The Bertz CT molecular complexity index is 244. The summed E-state index contributed by atoms with van der Waals surface area (Å²) < 4.78 is 4.72. The van der Waals surface area contributed by atoms with Crippen LogP contribution in [-0.2, 0) is 9.53 Å². The molecule has 0 aromatic rings. The number of rotatable bonds is 12. The predicted molar refractivity (Wildman–Crippen MR) is 82.2 cm³/mol. The number of hydrogen-bond donors (Lipinski definition) is 0. The summed E-state index contributed by atoms with van der Waals surface area (Å²) in [4.78, 5) is 11.3. The lowest BCUT2D eigenvalue weighted by molar-refractivity contribution is -0.134. The molecule has 0 fully saturated rings. The van der Waals surface area contributed by atoms with E-state index in [-0.39, 0.29) is 5.97 Å². The van der Waals surface area contributed by atoms with E-state index in [0.29, 0.717) is 0 Å². The molecule has 19 heavy (non-hydrogen) atoms. The Labute approximate surface area is 119 Å². The van der Waals surface area contributed by atoms with Crippen molar-refractivity contribution < 1.29 is 9.53 Å². The van der Waals surface area contributed by atoms with Crippen molar-refractivity contribution in [2.75, 3.05) is 7.11 Å². The average Bonchev–Trinajstić information content (AvgIpc) is 2.43. The highest BCUT2D eigenvalue weighted by molar-refractivity contribution is 5.82. The highest BCUT2D eigenvalue weighted by atomic mass is 16.5. The van der Waals surface area contributed by atoms with Gasteiger partial charge < -0.3 is 4.74 Å². The van der Waals surface area contributed by atoms with Crippen molar-refractivity contribution in [3.05, 3.63) is 11.6 Å². The second kappa shape index (κ2) is 13.6. The van der Waals surface area contributed by atoms with Crippen molar-refractivity contribution >= 4 is 5.97 Å². The Balaban J connectivity index is 3.80. The van der Waals surface area contributed by atoms with E-state index < -0.39 is 0 Å². The molecule has 0 aliphatic rings. The van der Waals surface area contributed by atoms with E-state index in [4.69, 9.17) is 4.74 Å². The number of ether oxygens (including phenoxy) is 1. The standard InChI is InChI=1S/C17H32O2/c1-4-6-8-9-10-11-12-14-16(13-7-5-2)15-17(18)19-3/h15H,4-14H2,1-3H3/b16-15+. The van der Waals surface area contributed by atoms with Gasteiger partial charge in [0.15, 0.2) is 0 Å². The molecule has 0 amide bonds. The minimum atomic E-state index is -0.200. The van der Waals surface area contributed by atoms with Crippen LogP contribution in [0.1, 0.15) is 84.5 Å². The number of unbranched alkanes of at least 4 members (excludes halogenated alkanes) is 7. The van der Waals surface area contributed by atoms with Crippen LogP contribution in [0.4, 0.5) is 0 Å². The Morgan fingerprint density at radius 3 is 1.95 bits per heavy atom. The van der Waals surface area contributed by atoms with Crippen LogP contribution >= 0.6 is 0 Å². The van der Waals surface area contributed by atoms with E-state index in [2.05, 4.69) is 13.8 Å². The first kappa shape index (κ1) is 18.2. The quantitative estimate of drug-likeness (QED) is 0.268. The van der Waals surface area contributed by atoms with Crippen LogP contribution in [0.2, 0.25) is 0 Å². The highest BCUT2D eigenvalue weighted by Gasteiger charge is 2.02. The fraction of sp³-hybridized carbons (Fsp3) is 0.824. The lowest BCUT2D eigenvalue weighted by Crippen LogP contribution is -1.98. The summed E-state index contributed by atoms with van der Waals surface area (Å²) in [6.45, 7) is 4.43. The number of hydrogen-bond acceptors (Lipinski definition) is 2. The molecule has 0 saturated heterocycles. The fourth-order valence-corrected chi connectivity index (χ4v) is 2.21. The molecule has 0 aliphatic heterocycles. The maximum absolute atomic E-state index is 11.3. The summed E-state index contributed by atoms with van der Waals surface area (Å²) in [5, 5.41) is 0. The molecule has 0 aromatic heterocycles. The molecule has 0 rings (SSSR count). The van der Waals surface area contributed by atoms with E-state index in [1.807, 2.05) is 0 Å². The van der Waals surface area contributed by atoms with Crippen molar-refractivity contribution in [1.29, 1.82) is 0 Å². The van der Waals surface area contributed by atoms with Crippen LogP contribution in [0.3, 0.4) is 0 Å². The molecule has 0 atom stereocenters. The normalized spacial score (nSPS) is 11.6. The lowest BCUT2D eigenvalue weighted by Gasteiger charge is -2.07. The number of methoxy groups -OCH3 is 1. The topological polar surface area (TPSA) is 26.3 Å². The molecular weight excluding hydrogens is 236 g/mol. The van der Waals surface area contributed by atoms with Crippen LogP contribution in [0.5, 0.6) is 0 Å². The number of esters is 1. The van der Waals surface area contributed by atoms with Gasteiger partial charge in [0.1, 0.15) is 0 Å². The highest BCUT2D eigenvalue weighted by Crippen LogP contribution is 2.17. The van der Waals surface area contributed by atoms with Crippen molar-refractivity contribution in [2.24, 2.45) is 0 Å². The summed E-state index contributed by atoms with van der Waals surface area (Å²) >= 11 is 0. The van der Waals surface area contributed by atoms with Gasteiger partial charge in [-0.1, -0.05) is 64.4 Å². The molecule has 0 spiro atoms. The van der Waals surface area contributed by atoms with Gasteiger partial charge in [0.25, 0.3) is 0 Å². The largest absolute Gasteiger partial charge is 0.466 e. The Kier molecular flexibility index (Phi) is 13.1. The third-order valence-corrected chi connectivity index (χ3v) is 3.48. The molecular formula is C17H32O2. The van der Waals surface area contributed by atoms with Crippen LogP contribution in [0.25, 0.3) is 0 Å². The van der Waals surface area contributed by atoms with Gasteiger partial charge in [-0.2, -0.15) is 0 Å². The van der Waals surface area contributed by atoms with Gasteiger partial charge in [0.05, 0.1) is 7.11 Å². The summed E-state index contributed by atoms with van der Waals surface area (Å²) in [6, 6.07) is 0. The molecule has 0 saturated carbocycles. The van der Waals surface area contributed by atoms with Gasteiger partial charge >= 0.3 is 5.97 Å². The second-order valence-corrected chi connectivity index (χ2v) is 5.30. The molecule has 0 N–H and O–H groups in total. The zero-order valence-electron chi connectivity index (χ0n) is 13.2. The number of carbonyl (C=O) groups is 1. The maximum Gasteiger partial charge on any atom is 0.330 e. The van der Waals surface area contributed by atoms with E-state index in [1.54, 1.807) is 6.08 Å². The van der Waals surface area contributed by atoms with Crippen LogP contribution < -0.4 is 0 Å². The second-order valence-electron chi connectivity index (χ2n) is 5.30. The third kappa shape index (κ3) is 12.0. The fourth-order valence-electron chi connectivity index (χ4n) is 2.21. The van der Waals surface area contributed by atoms with Crippen molar-refractivity contribution in [2.45, 2.75) is 84.5 Å². The van der Waals surface area contributed by atoms with Crippen LogP contribution in [0.15, 0.2) is 11.6 Å². The predicted octanol–water partition coefficient (Wildman–Crippen LogP) is 5.42. The third-order valence-electron chi connectivity index (χ3n) is 3.48. The molecule has 0 radical (unpaired) electrons. The van der Waals surface area contributed by atoms with E-state index >= 15 is 0 Å². The minimum absolute atomic E-state index is 0.200. The number of allylic oxidation sites excluding steroid dienone is 1. The van der Waals surface area contributed by atoms with E-state index in [0.717, 1.165) is 12.8 Å². The first-order valence-corrected chi connectivity index (χ1v) is 8.02. The smallest absolute Gasteiger partial charge is 0.330 e. The summed E-state index contributed by atoms with van der Waals surface area (Å²) in [5.74, 6) is -0.200. The van der Waals surface area contributed by atoms with Gasteiger partial charge in [0, 0.05) is 6.08 Å². The zero-order chi connectivity index (χ0) is 14.3. The minimum Gasteiger partial charge on any atom is -0.466 e. The zero-order valence-corrected chi connectivity index (χ0v) is 13.2. The molecule has 0 unspecified atom stereocenters. The van der Waals surface area contributed by atoms with Gasteiger partial charge in [-0.05, 0) is 25.7 Å².